The second-order valence-electron chi connectivity index (χ2n) is 3.61. The van der Waals surface area contributed by atoms with Crippen molar-refractivity contribution in [2.24, 2.45) is 0 Å². The summed E-state index contributed by atoms with van der Waals surface area (Å²) in [5, 5.41) is 5.94. The first kappa shape index (κ1) is 11.6. The maximum absolute atomic E-state index is 11.7. The maximum Gasteiger partial charge on any atom is 0.251 e. The van der Waals surface area contributed by atoms with Crippen LogP contribution in [0.3, 0.4) is 0 Å². The average molecular weight is 206 g/mol. The van der Waals surface area contributed by atoms with E-state index < -0.39 is 0 Å². The molecule has 1 amide bonds. The summed E-state index contributed by atoms with van der Waals surface area (Å²) in [5.74, 6) is -0.0125. The predicted octanol–water partition coefficient (Wildman–Crippen LogP) is 2.26. The Hall–Kier alpha value is -1.51. The monoisotopic (exact) mass is 206 g/mol. The predicted molar refractivity (Wildman–Crippen MR) is 63.2 cm³/mol. The summed E-state index contributed by atoms with van der Waals surface area (Å²) in [7, 11) is 1.84. The third kappa shape index (κ3) is 3.27. The van der Waals surface area contributed by atoms with Crippen LogP contribution in [0.2, 0.25) is 0 Å². The molecule has 0 spiro atoms. The van der Waals surface area contributed by atoms with Gasteiger partial charge in [0.15, 0.2) is 0 Å². The van der Waals surface area contributed by atoms with Crippen molar-refractivity contribution in [2.75, 3.05) is 12.4 Å². The van der Waals surface area contributed by atoms with Gasteiger partial charge in [-0.2, -0.15) is 0 Å². The molecule has 1 aromatic rings. The lowest BCUT2D eigenvalue weighted by Crippen LogP contribution is -2.31. The summed E-state index contributed by atoms with van der Waals surface area (Å²) >= 11 is 0. The first-order valence-electron chi connectivity index (χ1n) is 5.26. The van der Waals surface area contributed by atoms with Crippen molar-refractivity contribution >= 4 is 11.6 Å². The Morgan fingerprint density at radius 3 is 2.80 bits per heavy atom. The number of hydrogen-bond acceptors (Lipinski definition) is 2. The molecule has 0 aromatic heterocycles. The van der Waals surface area contributed by atoms with Gasteiger partial charge in [0, 0.05) is 24.3 Å². The van der Waals surface area contributed by atoms with E-state index in [2.05, 4.69) is 17.6 Å². The highest BCUT2D eigenvalue weighted by molar-refractivity contribution is 5.95. The van der Waals surface area contributed by atoms with Crippen molar-refractivity contribution < 1.29 is 4.79 Å². The van der Waals surface area contributed by atoms with Gasteiger partial charge >= 0.3 is 0 Å². The van der Waals surface area contributed by atoms with Gasteiger partial charge in [0.05, 0.1) is 0 Å². The molecule has 3 nitrogen and oxygen atoms in total. The second kappa shape index (κ2) is 5.39. The molecule has 0 aliphatic rings. The van der Waals surface area contributed by atoms with Crippen LogP contribution in [-0.4, -0.2) is 19.0 Å². The smallest absolute Gasteiger partial charge is 0.251 e. The minimum atomic E-state index is -0.0125. The normalized spacial score (nSPS) is 11.9. The quantitative estimate of drug-likeness (QED) is 0.793. The topological polar surface area (TPSA) is 41.1 Å². The van der Waals surface area contributed by atoms with Gasteiger partial charge < -0.3 is 10.6 Å². The number of hydrogen-bond donors (Lipinski definition) is 2. The number of rotatable bonds is 4. The van der Waals surface area contributed by atoms with E-state index in [1.165, 1.54) is 0 Å². The van der Waals surface area contributed by atoms with E-state index >= 15 is 0 Å². The minimum Gasteiger partial charge on any atom is -0.388 e. The Balaban J connectivity index is 2.73. The summed E-state index contributed by atoms with van der Waals surface area (Å²) < 4.78 is 0. The molecule has 15 heavy (non-hydrogen) atoms. The molecule has 1 rings (SSSR count). The summed E-state index contributed by atoms with van der Waals surface area (Å²) in [5.41, 5.74) is 1.65. The Labute approximate surface area is 90.9 Å². The molecule has 0 saturated carbocycles. The highest BCUT2D eigenvalue weighted by Crippen LogP contribution is 2.09. The van der Waals surface area contributed by atoms with Crippen LogP contribution in [0.15, 0.2) is 24.3 Å². The SMILES string of the molecule is CCC(C)NC(=O)c1cccc(NC)c1. The van der Waals surface area contributed by atoms with E-state index in [1.807, 2.05) is 38.2 Å². The van der Waals surface area contributed by atoms with Crippen LogP contribution in [0.1, 0.15) is 30.6 Å². The van der Waals surface area contributed by atoms with Crippen molar-refractivity contribution in [3.63, 3.8) is 0 Å². The maximum atomic E-state index is 11.7. The Kier molecular flexibility index (Phi) is 4.16. The molecule has 0 aliphatic heterocycles. The van der Waals surface area contributed by atoms with Crippen molar-refractivity contribution in [3.05, 3.63) is 29.8 Å². The van der Waals surface area contributed by atoms with Crippen LogP contribution in [0.25, 0.3) is 0 Å². The highest BCUT2D eigenvalue weighted by atomic mass is 16.1. The molecular formula is C12H18N2O. The fourth-order valence-electron chi connectivity index (χ4n) is 1.23. The zero-order valence-corrected chi connectivity index (χ0v) is 9.50. The van der Waals surface area contributed by atoms with Crippen LogP contribution in [-0.2, 0) is 0 Å². The molecule has 1 atom stereocenters. The first-order valence-corrected chi connectivity index (χ1v) is 5.26. The van der Waals surface area contributed by atoms with E-state index in [0.29, 0.717) is 5.56 Å². The second-order valence-corrected chi connectivity index (χ2v) is 3.61. The molecule has 3 heteroatoms. The summed E-state index contributed by atoms with van der Waals surface area (Å²) in [4.78, 5) is 11.7. The lowest BCUT2D eigenvalue weighted by atomic mass is 10.1. The zero-order chi connectivity index (χ0) is 11.3. The molecule has 0 fully saturated rings. The van der Waals surface area contributed by atoms with Crippen LogP contribution in [0, 0.1) is 0 Å². The highest BCUT2D eigenvalue weighted by Gasteiger charge is 2.08. The molecule has 0 saturated heterocycles. The van der Waals surface area contributed by atoms with E-state index in [4.69, 9.17) is 0 Å². The molecule has 0 heterocycles. The van der Waals surface area contributed by atoms with Crippen LogP contribution >= 0.6 is 0 Å². The number of carbonyl (C=O) groups excluding carboxylic acids is 1. The number of anilines is 1. The summed E-state index contributed by atoms with van der Waals surface area (Å²) in [6.07, 6.45) is 0.942. The fraction of sp³-hybridized carbons (Fsp3) is 0.417. The lowest BCUT2D eigenvalue weighted by Gasteiger charge is -2.11. The summed E-state index contributed by atoms with van der Waals surface area (Å²) in [6, 6.07) is 7.68. The number of carbonyl (C=O) groups is 1. The molecule has 1 aromatic carbocycles. The van der Waals surface area contributed by atoms with E-state index in [1.54, 1.807) is 0 Å². The van der Waals surface area contributed by atoms with Crippen molar-refractivity contribution in [1.82, 2.24) is 5.32 Å². The van der Waals surface area contributed by atoms with Crippen molar-refractivity contribution in [2.45, 2.75) is 26.3 Å². The first-order chi connectivity index (χ1) is 7.17. The molecular weight excluding hydrogens is 188 g/mol. The van der Waals surface area contributed by atoms with Crippen LogP contribution < -0.4 is 10.6 Å². The van der Waals surface area contributed by atoms with Gasteiger partial charge in [0.2, 0.25) is 0 Å². The largest absolute Gasteiger partial charge is 0.388 e. The molecule has 0 bridgehead atoms. The van der Waals surface area contributed by atoms with Gasteiger partial charge in [-0.15, -0.1) is 0 Å². The van der Waals surface area contributed by atoms with Crippen molar-refractivity contribution in [1.29, 1.82) is 0 Å². The van der Waals surface area contributed by atoms with E-state index in [0.717, 1.165) is 12.1 Å². The summed E-state index contributed by atoms with van der Waals surface area (Å²) in [6.45, 7) is 4.05. The standard InChI is InChI=1S/C12H18N2O/c1-4-9(2)14-12(15)10-6-5-7-11(8-10)13-3/h5-9,13H,4H2,1-3H3,(H,14,15). The Bertz CT molecular complexity index is 336. The lowest BCUT2D eigenvalue weighted by molar-refractivity contribution is 0.0939. The Morgan fingerprint density at radius 2 is 2.20 bits per heavy atom. The third-order valence-corrected chi connectivity index (χ3v) is 2.40. The minimum absolute atomic E-state index is 0.0125. The molecule has 0 aliphatic carbocycles. The number of benzene rings is 1. The van der Waals surface area contributed by atoms with Gasteiger partial charge in [0.25, 0.3) is 5.91 Å². The van der Waals surface area contributed by atoms with Gasteiger partial charge in [-0.3, -0.25) is 4.79 Å². The van der Waals surface area contributed by atoms with E-state index in [-0.39, 0.29) is 11.9 Å². The Morgan fingerprint density at radius 1 is 1.47 bits per heavy atom. The van der Waals surface area contributed by atoms with Crippen LogP contribution in [0.5, 0.6) is 0 Å². The number of amides is 1. The molecule has 1 unspecified atom stereocenters. The molecule has 2 N–H and O–H groups in total. The fourth-order valence-corrected chi connectivity index (χ4v) is 1.23. The van der Waals surface area contributed by atoms with Gasteiger partial charge in [-0.25, -0.2) is 0 Å². The van der Waals surface area contributed by atoms with Crippen molar-refractivity contribution in [3.8, 4) is 0 Å². The molecule has 0 radical (unpaired) electrons. The van der Waals surface area contributed by atoms with Gasteiger partial charge in [0.1, 0.15) is 0 Å². The average Bonchev–Trinajstić information content (AvgIpc) is 2.28. The zero-order valence-electron chi connectivity index (χ0n) is 9.50. The van der Waals surface area contributed by atoms with Gasteiger partial charge in [-0.05, 0) is 31.5 Å². The number of nitrogens with one attached hydrogen (secondary N) is 2. The third-order valence-electron chi connectivity index (χ3n) is 2.40. The van der Waals surface area contributed by atoms with Gasteiger partial charge in [-0.1, -0.05) is 13.0 Å². The van der Waals surface area contributed by atoms with Crippen LogP contribution in [0.4, 0.5) is 5.69 Å². The van der Waals surface area contributed by atoms with E-state index in [9.17, 15) is 4.79 Å². The molecule has 82 valence electrons.